The minimum absolute atomic E-state index is 0.129. The zero-order valence-corrected chi connectivity index (χ0v) is 13.6. The van der Waals surface area contributed by atoms with Crippen molar-refractivity contribution in [3.05, 3.63) is 30.0 Å². The van der Waals surface area contributed by atoms with Crippen LogP contribution < -0.4 is 4.74 Å². The van der Waals surface area contributed by atoms with Crippen LogP contribution >= 0.6 is 0 Å². The fourth-order valence-electron chi connectivity index (χ4n) is 2.34. The minimum atomic E-state index is 0.129. The molecule has 1 aromatic carbocycles. The summed E-state index contributed by atoms with van der Waals surface area (Å²) in [6.45, 7) is 11.2. The largest absolute Gasteiger partial charge is 0.493 e. The third kappa shape index (κ3) is 3.29. The summed E-state index contributed by atoms with van der Waals surface area (Å²) in [7, 11) is 0. The summed E-state index contributed by atoms with van der Waals surface area (Å²) in [5.74, 6) is 1.29. The first kappa shape index (κ1) is 15.6. The molecule has 0 amide bonds. The van der Waals surface area contributed by atoms with Gasteiger partial charge in [0.1, 0.15) is 5.75 Å². The second kappa shape index (κ2) is 5.92. The molecule has 0 aliphatic heterocycles. The summed E-state index contributed by atoms with van der Waals surface area (Å²) in [5.41, 5.74) is 1.82. The smallest absolute Gasteiger partial charge is 0.165 e. The summed E-state index contributed by atoms with van der Waals surface area (Å²) in [4.78, 5) is 15.8. The van der Waals surface area contributed by atoms with Crippen LogP contribution in [-0.2, 0) is 0 Å². The van der Waals surface area contributed by atoms with Crippen molar-refractivity contribution >= 4 is 16.7 Å². The molecule has 1 atom stereocenters. The molecule has 0 aliphatic rings. The third-order valence-electron chi connectivity index (χ3n) is 4.24. The van der Waals surface area contributed by atoms with Gasteiger partial charge in [0.25, 0.3) is 0 Å². The molecule has 2 aromatic rings. The summed E-state index contributed by atoms with van der Waals surface area (Å²) < 4.78 is 5.67. The van der Waals surface area contributed by atoms with Gasteiger partial charge in [0, 0.05) is 23.7 Å². The zero-order chi connectivity index (χ0) is 15.6. The highest BCUT2D eigenvalue weighted by molar-refractivity contribution is 6.10. The number of carbonyl (C=O) groups is 1. The van der Waals surface area contributed by atoms with Crippen molar-refractivity contribution in [3.63, 3.8) is 0 Å². The monoisotopic (exact) mass is 287 g/mol. The minimum Gasteiger partial charge on any atom is -0.493 e. The maximum atomic E-state index is 12.7. The molecule has 0 fully saturated rings. The Bertz CT molecular complexity index is 634. The van der Waals surface area contributed by atoms with Crippen LogP contribution in [0.15, 0.2) is 24.4 Å². The lowest BCUT2D eigenvalue weighted by molar-refractivity contribution is 0.0928. The summed E-state index contributed by atoms with van der Waals surface area (Å²) in [5, 5.41) is 0.908. The molecule has 0 radical (unpaired) electrons. The molecule has 3 heteroatoms. The number of hydrogen-bond donors (Lipinski definition) is 1. The Kier molecular flexibility index (Phi) is 4.40. The van der Waals surface area contributed by atoms with Crippen molar-refractivity contribution in [1.82, 2.24) is 4.98 Å². The predicted octanol–water partition coefficient (Wildman–Crippen LogP) is 4.82. The van der Waals surface area contributed by atoms with Crippen molar-refractivity contribution in [2.24, 2.45) is 11.3 Å². The van der Waals surface area contributed by atoms with Gasteiger partial charge in [-0.05, 0) is 30.4 Å². The van der Waals surface area contributed by atoms with Crippen LogP contribution in [0.4, 0.5) is 0 Å². The van der Waals surface area contributed by atoms with Gasteiger partial charge in [0.05, 0.1) is 12.0 Å². The van der Waals surface area contributed by atoms with Crippen LogP contribution in [0.2, 0.25) is 0 Å². The van der Waals surface area contributed by atoms with Crippen molar-refractivity contribution < 1.29 is 9.53 Å². The van der Waals surface area contributed by atoms with Crippen LogP contribution in [0, 0.1) is 11.3 Å². The maximum absolute atomic E-state index is 12.7. The Morgan fingerprint density at radius 1 is 1.33 bits per heavy atom. The number of H-pyrrole nitrogens is 1. The molecular formula is C18H25NO2. The van der Waals surface area contributed by atoms with Gasteiger partial charge in [0.15, 0.2) is 5.78 Å². The van der Waals surface area contributed by atoms with Gasteiger partial charge < -0.3 is 9.72 Å². The van der Waals surface area contributed by atoms with E-state index < -0.39 is 0 Å². The molecule has 2 rings (SSSR count). The molecule has 0 aliphatic carbocycles. The van der Waals surface area contributed by atoms with Crippen LogP contribution in [-0.4, -0.2) is 17.4 Å². The van der Waals surface area contributed by atoms with E-state index in [0.717, 1.165) is 22.2 Å². The maximum Gasteiger partial charge on any atom is 0.165 e. The molecule has 0 spiro atoms. The van der Waals surface area contributed by atoms with Crippen LogP contribution in [0.3, 0.4) is 0 Å². The first-order valence-corrected chi connectivity index (χ1v) is 7.60. The average molecular weight is 287 g/mol. The summed E-state index contributed by atoms with van der Waals surface area (Å²) >= 11 is 0. The van der Waals surface area contributed by atoms with Crippen molar-refractivity contribution in [2.45, 2.75) is 41.0 Å². The highest BCUT2D eigenvalue weighted by atomic mass is 16.5. The average Bonchev–Trinajstić information content (AvgIpc) is 2.83. The summed E-state index contributed by atoms with van der Waals surface area (Å²) in [6.07, 6.45) is 2.36. The van der Waals surface area contributed by atoms with Crippen LogP contribution in [0.5, 0.6) is 5.75 Å². The molecular weight excluding hydrogens is 262 g/mol. The van der Waals surface area contributed by atoms with Gasteiger partial charge in [0.2, 0.25) is 0 Å². The number of carbonyl (C=O) groups excluding carboxylic acids is 1. The number of benzene rings is 1. The highest BCUT2D eigenvalue weighted by Crippen LogP contribution is 2.33. The lowest BCUT2D eigenvalue weighted by Gasteiger charge is -2.26. The third-order valence-corrected chi connectivity index (χ3v) is 4.24. The summed E-state index contributed by atoms with van der Waals surface area (Å²) in [6, 6.07) is 5.83. The molecule has 0 bridgehead atoms. The molecule has 0 saturated carbocycles. The van der Waals surface area contributed by atoms with E-state index in [0.29, 0.717) is 18.9 Å². The molecule has 1 heterocycles. The van der Waals surface area contributed by atoms with E-state index in [4.69, 9.17) is 4.74 Å². The van der Waals surface area contributed by atoms with E-state index >= 15 is 0 Å². The van der Waals surface area contributed by atoms with Crippen LogP contribution in [0.1, 0.15) is 51.4 Å². The van der Waals surface area contributed by atoms with Crippen molar-refractivity contribution in [3.8, 4) is 5.75 Å². The Hall–Kier alpha value is -1.77. The second-order valence-corrected chi connectivity index (χ2v) is 6.71. The lowest BCUT2D eigenvalue weighted by atomic mass is 9.78. The Morgan fingerprint density at radius 3 is 2.67 bits per heavy atom. The standard InChI is InChI=1S/C18H25NO2/c1-6-21-16-9-7-8-14-17(16)13(11-19-14)15(20)10-12(2)18(3,4)5/h7-9,11-12,19H,6,10H2,1-5H3. The lowest BCUT2D eigenvalue weighted by Crippen LogP contribution is -2.20. The molecule has 114 valence electrons. The number of hydrogen-bond acceptors (Lipinski definition) is 2. The van der Waals surface area contributed by atoms with Crippen molar-refractivity contribution in [2.75, 3.05) is 6.61 Å². The van der Waals surface area contributed by atoms with E-state index in [9.17, 15) is 4.79 Å². The molecule has 3 nitrogen and oxygen atoms in total. The molecule has 1 unspecified atom stereocenters. The zero-order valence-electron chi connectivity index (χ0n) is 13.6. The number of ketones is 1. The van der Waals surface area contributed by atoms with E-state index in [2.05, 4.69) is 32.7 Å². The number of fused-ring (bicyclic) bond motifs is 1. The van der Waals surface area contributed by atoms with Gasteiger partial charge in [-0.1, -0.05) is 33.8 Å². The first-order valence-electron chi connectivity index (χ1n) is 7.60. The predicted molar refractivity (Wildman–Crippen MR) is 87.0 cm³/mol. The normalized spacial score (nSPS) is 13.4. The first-order chi connectivity index (χ1) is 9.84. The molecule has 1 N–H and O–H groups in total. The number of aromatic nitrogens is 1. The Morgan fingerprint density at radius 2 is 2.05 bits per heavy atom. The fourth-order valence-corrected chi connectivity index (χ4v) is 2.34. The van der Waals surface area contributed by atoms with Gasteiger partial charge in [-0.25, -0.2) is 0 Å². The number of rotatable bonds is 5. The second-order valence-electron chi connectivity index (χ2n) is 6.71. The number of Topliss-reactive ketones (excluding diaryl/α,β-unsaturated/α-hetero) is 1. The quantitative estimate of drug-likeness (QED) is 0.801. The van der Waals surface area contributed by atoms with E-state index in [1.54, 1.807) is 0 Å². The van der Waals surface area contributed by atoms with E-state index in [1.165, 1.54) is 0 Å². The fraction of sp³-hybridized carbons (Fsp3) is 0.500. The van der Waals surface area contributed by atoms with Gasteiger partial charge in [-0.3, -0.25) is 4.79 Å². The molecule has 0 saturated heterocycles. The number of nitrogens with one attached hydrogen (secondary N) is 1. The van der Waals surface area contributed by atoms with E-state index in [-0.39, 0.29) is 11.2 Å². The SMILES string of the molecule is CCOc1cccc2[nH]cc(C(=O)CC(C)C(C)(C)C)c12. The molecule has 1 aromatic heterocycles. The van der Waals surface area contributed by atoms with Crippen molar-refractivity contribution in [1.29, 1.82) is 0 Å². The number of aromatic amines is 1. The number of ether oxygens (including phenoxy) is 1. The Labute approximate surface area is 126 Å². The Balaban J connectivity index is 2.36. The topological polar surface area (TPSA) is 42.1 Å². The van der Waals surface area contributed by atoms with Crippen LogP contribution in [0.25, 0.3) is 10.9 Å². The van der Waals surface area contributed by atoms with Gasteiger partial charge in [-0.2, -0.15) is 0 Å². The molecule has 21 heavy (non-hydrogen) atoms. The highest BCUT2D eigenvalue weighted by Gasteiger charge is 2.25. The van der Waals surface area contributed by atoms with Gasteiger partial charge >= 0.3 is 0 Å². The van der Waals surface area contributed by atoms with E-state index in [1.807, 2.05) is 31.3 Å². The van der Waals surface area contributed by atoms with Gasteiger partial charge in [-0.15, -0.1) is 0 Å².